The molecule has 1 aromatic carbocycles. The number of alkyl halides is 3. The maximum Gasteiger partial charge on any atom is 0.393 e. The lowest BCUT2D eigenvalue weighted by molar-refractivity contribution is -0.127. The van der Waals surface area contributed by atoms with Crippen molar-refractivity contribution in [2.24, 2.45) is 0 Å². The van der Waals surface area contributed by atoms with Crippen LogP contribution in [0.15, 0.2) is 12.1 Å². The molecule has 0 atom stereocenters. The molecule has 1 nitrogen and oxygen atoms in total. The highest BCUT2D eigenvalue weighted by Crippen LogP contribution is 2.31. The summed E-state index contributed by atoms with van der Waals surface area (Å²) in [4.78, 5) is 0. The van der Waals surface area contributed by atoms with Crippen molar-refractivity contribution in [2.45, 2.75) is 19.5 Å². The van der Waals surface area contributed by atoms with Crippen molar-refractivity contribution in [3.05, 3.63) is 28.3 Å². The number of rotatable bonds is 2. The van der Waals surface area contributed by atoms with E-state index in [0.717, 1.165) is 0 Å². The summed E-state index contributed by atoms with van der Waals surface area (Å²) in [7, 11) is 1.34. The molecule has 84 valence electrons. The molecule has 5 heteroatoms. The van der Waals surface area contributed by atoms with Crippen LogP contribution < -0.4 is 4.74 Å². The van der Waals surface area contributed by atoms with Gasteiger partial charge in [0.25, 0.3) is 0 Å². The first-order chi connectivity index (χ1) is 6.83. The van der Waals surface area contributed by atoms with Crippen LogP contribution in [0.2, 0.25) is 5.02 Å². The maximum absolute atomic E-state index is 12.2. The van der Waals surface area contributed by atoms with Gasteiger partial charge in [0, 0.05) is 10.6 Å². The van der Waals surface area contributed by atoms with Gasteiger partial charge in [-0.3, -0.25) is 0 Å². The van der Waals surface area contributed by atoms with Crippen molar-refractivity contribution in [1.29, 1.82) is 0 Å². The summed E-state index contributed by atoms with van der Waals surface area (Å²) in [6, 6.07) is 2.80. The monoisotopic (exact) mass is 238 g/mol. The Balaban J connectivity index is 3.11. The van der Waals surface area contributed by atoms with E-state index in [1.165, 1.54) is 19.2 Å². The summed E-state index contributed by atoms with van der Waals surface area (Å²) in [5.74, 6) is 0.217. The first-order valence-electron chi connectivity index (χ1n) is 4.23. The lowest BCUT2D eigenvalue weighted by atomic mass is 10.1. The number of hydrogen-bond donors (Lipinski definition) is 0. The zero-order valence-electron chi connectivity index (χ0n) is 8.28. The lowest BCUT2D eigenvalue weighted by Gasteiger charge is -2.12. The number of ether oxygens (including phenoxy) is 1. The molecule has 15 heavy (non-hydrogen) atoms. The van der Waals surface area contributed by atoms with Crippen molar-refractivity contribution in [1.82, 2.24) is 0 Å². The fourth-order valence-electron chi connectivity index (χ4n) is 1.24. The van der Waals surface area contributed by atoms with E-state index in [1.54, 1.807) is 6.92 Å². The molecule has 0 bridgehead atoms. The predicted octanol–water partition coefficient (Wildman–Crippen LogP) is 3.76. The highest BCUT2D eigenvalue weighted by molar-refractivity contribution is 6.31. The number of benzene rings is 1. The smallest absolute Gasteiger partial charge is 0.393 e. The van der Waals surface area contributed by atoms with Crippen LogP contribution in [0, 0.1) is 6.92 Å². The van der Waals surface area contributed by atoms with Gasteiger partial charge >= 0.3 is 6.18 Å². The van der Waals surface area contributed by atoms with E-state index >= 15 is 0 Å². The summed E-state index contributed by atoms with van der Waals surface area (Å²) in [6.45, 7) is 1.71. The van der Waals surface area contributed by atoms with Crippen LogP contribution in [0.25, 0.3) is 0 Å². The largest absolute Gasteiger partial charge is 0.496 e. The number of hydrogen-bond acceptors (Lipinski definition) is 1. The summed E-state index contributed by atoms with van der Waals surface area (Å²) < 4.78 is 41.4. The van der Waals surface area contributed by atoms with E-state index in [9.17, 15) is 13.2 Å². The second kappa shape index (κ2) is 4.31. The third kappa shape index (κ3) is 3.30. The van der Waals surface area contributed by atoms with Crippen LogP contribution in [-0.4, -0.2) is 13.3 Å². The van der Waals surface area contributed by atoms with Crippen molar-refractivity contribution < 1.29 is 17.9 Å². The van der Waals surface area contributed by atoms with Crippen molar-refractivity contribution in [2.75, 3.05) is 7.11 Å². The van der Waals surface area contributed by atoms with Crippen LogP contribution >= 0.6 is 11.6 Å². The Kier molecular flexibility index (Phi) is 3.50. The van der Waals surface area contributed by atoms with Crippen LogP contribution in [0.3, 0.4) is 0 Å². The number of halogens is 4. The zero-order valence-corrected chi connectivity index (χ0v) is 9.04. The standard InChI is InChI=1S/C10H10ClF3O/c1-6-3-9(15-2)7(4-8(6)11)5-10(12,13)14/h3-4H,5H2,1-2H3. The third-order valence-electron chi connectivity index (χ3n) is 1.95. The molecule has 1 rings (SSSR count). The SMILES string of the molecule is COc1cc(C)c(Cl)cc1CC(F)(F)F. The molecule has 0 radical (unpaired) electrons. The molecular weight excluding hydrogens is 229 g/mol. The molecule has 0 aliphatic rings. The Morgan fingerprint density at radius 3 is 2.40 bits per heavy atom. The topological polar surface area (TPSA) is 9.23 Å². The molecule has 0 aliphatic carbocycles. The molecule has 0 heterocycles. The normalized spacial score (nSPS) is 11.6. The molecule has 0 aliphatic heterocycles. The van der Waals surface area contributed by atoms with E-state index < -0.39 is 12.6 Å². The first-order valence-corrected chi connectivity index (χ1v) is 4.61. The van der Waals surface area contributed by atoms with Gasteiger partial charge < -0.3 is 4.74 Å². The van der Waals surface area contributed by atoms with E-state index in [1.807, 2.05) is 0 Å². The molecule has 0 fully saturated rings. The minimum atomic E-state index is -4.26. The molecule has 0 unspecified atom stereocenters. The highest BCUT2D eigenvalue weighted by atomic mass is 35.5. The molecule has 0 saturated heterocycles. The minimum Gasteiger partial charge on any atom is -0.496 e. The summed E-state index contributed by atoms with van der Waals surface area (Å²) in [5.41, 5.74) is 0.750. The van der Waals surface area contributed by atoms with E-state index in [2.05, 4.69) is 0 Å². The molecular formula is C10H10ClF3O. The highest BCUT2D eigenvalue weighted by Gasteiger charge is 2.29. The fourth-order valence-corrected chi connectivity index (χ4v) is 1.43. The van der Waals surface area contributed by atoms with Crippen LogP contribution in [-0.2, 0) is 6.42 Å². The summed E-state index contributed by atoms with van der Waals surface area (Å²) in [6.07, 6.45) is -5.29. The second-order valence-electron chi connectivity index (χ2n) is 3.21. The Labute approximate surface area is 90.8 Å². The van der Waals surface area contributed by atoms with Gasteiger partial charge in [-0.25, -0.2) is 0 Å². The maximum atomic E-state index is 12.2. The van der Waals surface area contributed by atoms with Crippen LogP contribution in [0.5, 0.6) is 5.75 Å². The van der Waals surface area contributed by atoms with Crippen LogP contribution in [0.1, 0.15) is 11.1 Å². The van der Waals surface area contributed by atoms with Gasteiger partial charge in [-0.05, 0) is 24.6 Å². The quantitative estimate of drug-likeness (QED) is 0.762. The van der Waals surface area contributed by atoms with Crippen LogP contribution in [0.4, 0.5) is 13.2 Å². The van der Waals surface area contributed by atoms with Gasteiger partial charge in [0.15, 0.2) is 0 Å². The number of methoxy groups -OCH3 is 1. The Bertz CT molecular complexity index is 360. The van der Waals surface area contributed by atoms with Gasteiger partial charge in [-0.15, -0.1) is 0 Å². The lowest BCUT2D eigenvalue weighted by Crippen LogP contribution is -2.12. The van der Waals surface area contributed by atoms with Crippen molar-refractivity contribution in [3.63, 3.8) is 0 Å². The molecule has 0 amide bonds. The molecule has 0 saturated carbocycles. The molecule has 0 spiro atoms. The second-order valence-corrected chi connectivity index (χ2v) is 3.61. The van der Waals surface area contributed by atoms with Gasteiger partial charge in [-0.1, -0.05) is 11.6 Å². The van der Waals surface area contributed by atoms with Crippen molar-refractivity contribution in [3.8, 4) is 5.75 Å². The Hall–Kier alpha value is -0.900. The molecule has 0 N–H and O–H groups in total. The Morgan fingerprint density at radius 2 is 1.93 bits per heavy atom. The summed E-state index contributed by atoms with van der Waals surface area (Å²) in [5, 5.41) is 0.315. The Morgan fingerprint density at radius 1 is 1.33 bits per heavy atom. The van der Waals surface area contributed by atoms with Gasteiger partial charge in [0.05, 0.1) is 13.5 Å². The zero-order chi connectivity index (χ0) is 11.6. The van der Waals surface area contributed by atoms with E-state index in [4.69, 9.17) is 16.3 Å². The molecule has 0 aromatic heterocycles. The third-order valence-corrected chi connectivity index (χ3v) is 2.36. The molecule has 1 aromatic rings. The van der Waals surface area contributed by atoms with Gasteiger partial charge in [0.2, 0.25) is 0 Å². The van der Waals surface area contributed by atoms with Gasteiger partial charge in [0.1, 0.15) is 5.75 Å². The number of aryl methyl sites for hydroxylation is 1. The van der Waals surface area contributed by atoms with Gasteiger partial charge in [-0.2, -0.15) is 13.2 Å². The van der Waals surface area contributed by atoms with Crippen molar-refractivity contribution >= 4 is 11.6 Å². The van der Waals surface area contributed by atoms with E-state index in [-0.39, 0.29) is 11.3 Å². The van der Waals surface area contributed by atoms with E-state index in [0.29, 0.717) is 10.6 Å². The average molecular weight is 239 g/mol. The average Bonchev–Trinajstić information content (AvgIpc) is 2.08. The first kappa shape index (κ1) is 12.2. The fraction of sp³-hybridized carbons (Fsp3) is 0.400. The minimum absolute atomic E-state index is 0.0561. The summed E-state index contributed by atoms with van der Waals surface area (Å²) >= 11 is 5.75. The predicted molar refractivity (Wildman–Crippen MR) is 52.5 cm³/mol.